The SMILES string of the molecule is Cc1nn(C)c(Cl)c1CN1CCCC1C1CCCC1. The summed E-state index contributed by atoms with van der Waals surface area (Å²) in [7, 11) is 1.93. The lowest BCUT2D eigenvalue weighted by Gasteiger charge is -2.29. The standard InChI is InChI=1S/C15H24ClN3/c1-11-13(15(16)18(2)17-11)10-19-9-5-8-14(19)12-6-3-4-7-12/h12,14H,3-10H2,1-2H3. The number of hydrogen-bond donors (Lipinski definition) is 0. The number of aryl methyl sites for hydroxylation is 2. The average molecular weight is 282 g/mol. The molecule has 0 bridgehead atoms. The molecule has 1 saturated heterocycles. The Hall–Kier alpha value is -0.540. The van der Waals surface area contributed by atoms with Crippen molar-refractivity contribution >= 4 is 11.6 Å². The lowest BCUT2D eigenvalue weighted by atomic mass is 9.96. The minimum atomic E-state index is 0.790. The molecule has 0 aromatic carbocycles. The molecule has 0 N–H and O–H groups in total. The first-order valence-electron chi connectivity index (χ1n) is 7.59. The predicted octanol–water partition coefficient (Wildman–Crippen LogP) is 3.54. The Labute approximate surface area is 120 Å². The Morgan fingerprint density at radius 3 is 2.58 bits per heavy atom. The van der Waals surface area contributed by atoms with Crippen LogP contribution in [0.5, 0.6) is 0 Å². The summed E-state index contributed by atoms with van der Waals surface area (Å²) >= 11 is 6.37. The molecule has 2 heterocycles. The van der Waals surface area contributed by atoms with Gasteiger partial charge in [0.15, 0.2) is 0 Å². The van der Waals surface area contributed by atoms with Crippen molar-refractivity contribution in [2.75, 3.05) is 6.54 Å². The molecule has 0 radical (unpaired) electrons. The fraction of sp³-hybridized carbons (Fsp3) is 0.800. The summed E-state index contributed by atoms with van der Waals surface area (Å²) in [5.74, 6) is 0.929. The van der Waals surface area contributed by atoms with Crippen molar-refractivity contribution in [3.63, 3.8) is 0 Å². The molecular weight excluding hydrogens is 258 g/mol. The Kier molecular flexibility index (Phi) is 3.86. The third-order valence-electron chi connectivity index (χ3n) is 4.99. The van der Waals surface area contributed by atoms with E-state index < -0.39 is 0 Å². The van der Waals surface area contributed by atoms with Crippen molar-refractivity contribution in [2.45, 2.75) is 58.0 Å². The smallest absolute Gasteiger partial charge is 0.131 e. The molecule has 3 nitrogen and oxygen atoms in total. The van der Waals surface area contributed by atoms with E-state index in [9.17, 15) is 0 Å². The third kappa shape index (κ3) is 2.55. The van der Waals surface area contributed by atoms with Crippen LogP contribution in [0.3, 0.4) is 0 Å². The number of likely N-dealkylation sites (tertiary alicyclic amines) is 1. The van der Waals surface area contributed by atoms with E-state index in [-0.39, 0.29) is 0 Å². The molecular formula is C15H24ClN3. The van der Waals surface area contributed by atoms with Gasteiger partial charge in [-0.1, -0.05) is 24.4 Å². The number of halogens is 1. The summed E-state index contributed by atoms with van der Waals surface area (Å²) in [6, 6.07) is 0.790. The van der Waals surface area contributed by atoms with Crippen LogP contribution in [0.4, 0.5) is 0 Å². The highest BCUT2D eigenvalue weighted by molar-refractivity contribution is 6.30. The Bertz CT molecular complexity index is 448. The predicted molar refractivity (Wildman–Crippen MR) is 78.3 cm³/mol. The fourth-order valence-electron chi connectivity index (χ4n) is 3.98. The van der Waals surface area contributed by atoms with Gasteiger partial charge in [-0.25, -0.2) is 0 Å². The van der Waals surface area contributed by atoms with Gasteiger partial charge in [-0.2, -0.15) is 5.10 Å². The van der Waals surface area contributed by atoms with E-state index in [0.717, 1.165) is 29.4 Å². The maximum Gasteiger partial charge on any atom is 0.131 e. The van der Waals surface area contributed by atoms with Gasteiger partial charge in [0.25, 0.3) is 0 Å². The van der Waals surface area contributed by atoms with Crippen LogP contribution in [-0.2, 0) is 13.6 Å². The zero-order valence-corrected chi connectivity index (χ0v) is 12.8. The average Bonchev–Trinajstić information content (AvgIpc) is 3.08. The van der Waals surface area contributed by atoms with Crippen LogP contribution in [0, 0.1) is 12.8 Å². The number of hydrogen-bond acceptors (Lipinski definition) is 2. The van der Waals surface area contributed by atoms with E-state index >= 15 is 0 Å². The first kappa shape index (κ1) is 13.4. The third-order valence-corrected chi connectivity index (χ3v) is 5.46. The minimum absolute atomic E-state index is 0.790. The molecule has 0 amide bonds. The van der Waals surface area contributed by atoms with Crippen LogP contribution in [0.25, 0.3) is 0 Å². The quantitative estimate of drug-likeness (QED) is 0.845. The highest BCUT2D eigenvalue weighted by Crippen LogP contribution is 2.36. The summed E-state index contributed by atoms with van der Waals surface area (Å²) in [6.07, 6.45) is 8.45. The second-order valence-electron chi connectivity index (χ2n) is 6.20. The molecule has 1 saturated carbocycles. The maximum absolute atomic E-state index is 6.37. The first-order chi connectivity index (χ1) is 9.16. The zero-order chi connectivity index (χ0) is 13.4. The van der Waals surface area contributed by atoms with Gasteiger partial charge in [-0.3, -0.25) is 9.58 Å². The van der Waals surface area contributed by atoms with Crippen LogP contribution >= 0.6 is 11.6 Å². The van der Waals surface area contributed by atoms with Crippen molar-refractivity contribution in [1.29, 1.82) is 0 Å². The van der Waals surface area contributed by atoms with Crippen LogP contribution in [-0.4, -0.2) is 27.3 Å². The topological polar surface area (TPSA) is 21.1 Å². The van der Waals surface area contributed by atoms with Crippen molar-refractivity contribution < 1.29 is 0 Å². The van der Waals surface area contributed by atoms with Gasteiger partial charge in [-0.15, -0.1) is 0 Å². The van der Waals surface area contributed by atoms with Gasteiger partial charge in [0.05, 0.1) is 5.69 Å². The fourth-order valence-corrected chi connectivity index (χ4v) is 4.22. The second kappa shape index (κ2) is 5.45. The highest BCUT2D eigenvalue weighted by Gasteiger charge is 2.33. The van der Waals surface area contributed by atoms with E-state index in [1.807, 2.05) is 7.05 Å². The molecule has 1 atom stereocenters. The first-order valence-corrected chi connectivity index (χ1v) is 7.96. The lowest BCUT2D eigenvalue weighted by molar-refractivity contribution is 0.183. The van der Waals surface area contributed by atoms with Gasteiger partial charge in [0.1, 0.15) is 5.15 Å². The molecule has 19 heavy (non-hydrogen) atoms. The van der Waals surface area contributed by atoms with Crippen molar-refractivity contribution in [3.8, 4) is 0 Å². The maximum atomic E-state index is 6.37. The van der Waals surface area contributed by atoms with Crippen molar-refractivity contribution in [3.05, 3.63) is 16.4 Å². The van der Waals surface area contributed by atoms with E-state index in [2.05, 4.69) is 16.9 Å². The molecule has 106 valence electrons. The molecule has 1 aliphatic heterocycles. The van der Waals surface area contributed by atoms with Gasteiger partial charge in [0, 0.05) is 25.2 Å². The highest BCUT2D eigenvalue weighted by atomic mass is 35.5. The number of aromatic nitrogens is 2. The van der Waals surface area contributed by atoms with Crippen LogP contribution in [0.15, 0.2) is 0 Å². The monoisotopic (exact) mass is 281 g/mol. The minimum Gasteiger partial charge on any atom is -0.296 e. The van der Waals surface area contributed by atoms with E-state index in [1.165, 1.54) is 50.6 Å². The zero-order valence-electron chi connectivity index (χ0n) is 12.0. The van der Waals surface area contributed by atoms with Gasteiger partial charge in [-0.05, 0) is 45.1 Å². The van der Waals surface area contributed by atoms with Crippen molar-refractivity contribution in [1.82, 2.24) is 14.7 Å². The molecule has 3 rings (SSSR count). The number of nitrogens with zero attached hydrogens (tertiary/aromatic N) is 3. The number of rotatable bonds is 3. The lowest BCUT2D eigenvalue weighted by Crippen LogP contribution is -2.34. The van der Waals surface area contributed by atoms with Gasteiger partial charge >= 0.3 is 0 Å². The molecule has 2 fully saturated rings. The van der Waals surface area contributed by atoms with Gasteiger partial charge in [0.2, 0.25) is 0 Å². The summed E-state index contributed by atoms with van der Waals surface area (Å²) in [4.78, 5) is 2.66. The summed E-state index contributed by atoms with van der Waals surface area (Å²) < 4.78 is 1.80. The van der Waals surface area contributed by atoms with E-state index in [1.54, 1.807) is 4.68 Å². The molecule has 4 heteroatoms. The second-order valence-corrected chi connectivity index (χ2v) is 6.56. The van der Waals surface area contributed by atoms with Crippen molar-refractivity contribution in [2.24, 2.45) is 13.0 Å². The largest absolute Gasteiger partial charge is 0.296 e. The van der Waals surface area contributed by atoms with Crippen LogP contribution < -0.4 is 0 Å². The summed E-state index contributed by atoms with van der Waals surface area (Å²) in [5, 5.41) is 5.25. The molecule has 1 aromatic rings. The van der Waals surface area contributed by atoms with Crippen LogP contribution in [0.1, 0.15) is 49.8 Å². The molecule has 1 aliphatic carbocycles. The Morgan fingerprint density at radius 1 is 1.21 bits per heavy atom. The molecule has 1 unspecified atom stereocenters. The van der Waals surface area contributed by atoms with Gasteiger partial charge < -0.3 is 0 Å². The van der Waals surface area contributed by atoms with E-state index in [0.29, 0.717) is 0 Å². The Morgan fingerprint density at radius 2 is 1.95 bits per heavy atom. The molecule has 0 spiro atoms. The van der Waals surface area contributed by atoms with Crippen LogP contribution in [0.2, 0.25) is 5.15 Å². The summed E-state index contributed by atoms with van der Waals surface area (Å²) in [5.41, 5.74) is 2.32. The molecule has 1 aromatic heterocycles. The Balaban J connectivity index is 1.74. The summed E-state index contributed by atoms with van der Waals surface area (Å²) in [6.45, 7) is 4.29. The van der Waals surface area contributed by atoms with E-state index in [4.69, 9.17) is 11.6 Å². The molecule has 2 aliphatic rings. The normalized spacial score (nSPS) is 25.5.